The van der Waals surface area contributed by atoms with Crippen LogP contribution in [0.5, 0.6) is 5.75 Å². The zero-order valence-electron chi connectivity index (χ0n) is 12.1. The molecule has 1 aromatic rings. The molecule has 0 saturated carbocycles. The highest BCUT2D eigenvalue weighted by Crippen LogP contribution is 2.30. The first-order valence-electron chi connectivity index (χ1n) is 7.35. The lowest BCUT2D eigenvalue weighted by atomic mass is 9.97. The lowest BCUT2D eigenvalue weighted by Gasteiger charge is -2.31. The Bertz CT molecular complexity index is 394. The molecule has 2 unspecified atom stereocenters. The number of likely N-dealkylation sites (N-methyl/N-ethyl adjacent to an activating group) is 1. The van der Waals surface area contributed by atoms with Crippen LogP contribution in [0, 0.1) is 0 Å². The lowest BCUT2D eigenvalue weighted by Crippen LogP contribution is -2.38. The summed E-state index contributed by atoms with van der Waals surface area (Å²) in [5, 5.41) is 0. The number of benzene rings is 1. The predicted octanol–water partition coefficient (Wildman–Crippen LogP) is 2.61. The van der Waals surface area contributed by atoms with Crippen molar-refractivity contribution in [1.82, 2.24) is 4.90 Å². The van der Waals surface area contributed by atoms with Gasteiger partial charge in [-0.25, -0.2) is 0 Å². The highest BCUT2D eigenvalue weighted by Gasteiger charge is 2.20. The van der Waals surface area contributed by atoms with Gasteiger partial charge in [-0.2, -0.15) is 0 Å². The minimum atomic E-state index is 0.324. The summed E-state index contributed by atoms with van der Waals surface area (Å²) < 4.78 is 6.24. The van der Waals surface area contributed by atoms with Gasteiger partial charge in [0.05, 0.1) is 0 Å². The van der Waals surface area contributed by atoms with Gasteiger partial charge in [-0.3, -0.25) is 0 Å². The Hall–Kier alpha value is -1.06. The van der Waals surface area contributed by atoms with E-state index in [1.807, 2.05) is 0 Å². The standard InChI is InChI=1S/C16H26N2O/c1-13(9-10-17)15-7-3-4-8-16(15)19-14-6-5-11-18(2)12-14/h3-4,7-8,13-14H,5-6,9-12,17H2,1-2H3. The van der Waals surface area contributed by atoms with Gasteiger partial charge in [-0.15, -0.1) is 0 Å². The van der Waals surface area contributed by atoms with Crippen LogP contribution in [0.2, 0.25) is 0 Å². The number of likely N-dealkylation sites (tertiary alicyclic amines) is 1. The molecule has 0 aromatic heterocycles. The molecule has 3 nitrogen and oxygen atoms in total. The minimum absolute atomic E-state index is 0.324. The van der Waals surface area contributed by atoms with Crippen LogP contribution in [0.15, 0.2) is 24.3 Å². The fourth-order valence-corrected chi connectivity index (χ4v) is 2.80. The van der Waals surface area contributed by atoms with Crippen molar-refractivity contribution in [3.8, 4) is 5.75 Å². The quantitative estimate of drug-likeness (QED) is 0.886. The third-order valence-electron chi connectivity index (χ3n) is 3.92. The first-order valence-corrected chi connectivity index (χ1v) is 7.35. The Morgan fingerprint density at radius 3 is 2.95 bits per heavy atom. The van der Waals surface area contributed by atoms with E-state index in [4.69, 9.17) is 10.5 Å². The largest absolute Gasteiger partial charge is 0.489 e. The van der Waals surface area contributed by atoms with E-state index in [0.717, 1.165) is 31.7 Å². The van der Waals surface area contributed by atoms with E-state index >= 15 is 0 Å². The Balaban J connectivity index is 2.06. The van der Waals surface area contributed by atoms with Crippen LogP contribution in [0.3, 0.4) is 0 Å². The van der Waals surface area contributed by atoms with E-state index in [0.29, 0.717) is 12.0 Å². The molecule has 0 bridgehead atoms. The van der Waals surface area contributed by atoms with Crippen molar-refractivity contribution in [2.45, 2.75) is 38.2 Å². The van der Waals surface area contributed by atoms with Gasteiger partial charge < -0.3 is 15.4 Å². The number of rotatable bonds is 5. The van der Waals surface area contributed by atoms with Crippen molar-refractivity contribution >= 4 is 0 Å². The van der Waals surface area contributed by atoms with E-state index in [-0.39, 0.29) is 0 Å². The molecule has 1 aliphatic heterocycles. The summed E-state index contributed by atoms with van der Waals surface area (Å²) in [5.74, 6) is 1.51. The molecular weight excluding hydrogens is 236 g/mol. The predicted molar refractivity (Wildman–Crippen MR) is 79.7 cm³/mol. The molecule has 2 N–H and O–H groups in total. The number of nitrogens with two attached hydrogens (primary N) is 1. The SMILES string of the molecule is CC(CCN)c1ccccc1OC1CCCN(C)C1. The van der Waals surface area contributed by atoms with Crippen LogP contribution < -0.4 is 10.5 Å². The van der Waals surface area contributed by atoms with Crippen molar-refractivity contribution in [2.75, 3.05) is 26.7 Å². The average Bonchev–Trinajstić information content (AvgIpc) is 2.39. The molecule has 106 valence electrons. The van der Waals surface area contributed by atoms with Crippen LogP contribution in [0.25, 0.3) is 0 Å². The molecule has 1 aliphatic rings. The van der Waals surface area contributed by atoms with Crippen molar-refractivity contribution in [3.05, 3.63) is 29.8 Å². The van der Waals surface area contributed by atoms with Gasteiger partial charge in [-0.1, -0.05) is 25.1 Å². The lowest BCUT2D eigenvalue weighted by molar-refractivity contribution is 0.103. The molecule has 0 spiro atoms. The summed E-state index contributed by atoms with van der Waals surface area (Å²) in [6.07, 6.45) is 3.71. The third-order valence-corrected chi connectivity index (χ3v) is 3.92. The Morgan fingerprint density at radius 2 is 2.21 bits per heavy atom. The van der Waals surface area contributed by atoms with Gasteiger partial charge in [-0.05, 0) is 56.9 Å². The normalized spacial score (nSPS) is 22.2. The van der Waals surface area contributed by atoms with Crippen molar-refractivity contribution in [2.24, 2.45) is 5.73 Å². The number of piperidine rings is 1. The second-order valence-electron chi connectivity index (χ2n) is 5.66. The molecule has 0 radical (unpaired) electrons. The number of ether oxygens (including phenoxy) is 1. The van der Waals surface area contributed by atoms with Crippen molar-refractivity contribution < 1.29 is 4.74 Å². The smallest absolute Gasteiger partial charge is 0.123 e. The van der Waals surface area contributed by atoms with Crippen LogP contribution in [0.1, 0.15) is 37.7 Å². The van der Waals surface area contributed by atoms with Crippen LogP contribution >= 0.6 is 0 Å². The molecular formula is C16H26N2O. The fraction of sp³-hybridized carbons (Fsp3) is 0.625. The second kappa shape index (κ2) is 6.92. The summed E-state index contributed by atoms with van der Waals surface area (Å²) in [6, 6.07) is 8.40. The second-order valence-corrected chi connectivity index (χ2v) is 5.66. The van der Waals surface area contributed by atoms with Gasteiger partial charge in [0.2, 0.25) is 0 Å². The van der Waals surface area contributed by atoms with E-state index in [1.54, 1.807) is 0 Å². The van der Waals surface area contributed by atoms with E-state index in [1.165, 1.54) is 18.5 Å². The molecule has 1 aromatic carbocycles. The van der Waals surface area contributed by atoms with Crippen LogP contribution in [-0.4, -0.2) is 37.7 Å². The van der Waals surface area contributed by atoms with Gasteiger partial charge in [0.25, 0.3) is 0 Å². The van der Waals surface area contributed by atoms with Crippen molar-refractivity contribution in [3.63, 3.8) is 0 Å². The molecule has 19 heavy (non-hydrogen) atoms. The van der Waals surface area contributed by atoms with Crippen LogP contribution in [0.4, 0.5) is 0 Å². The summed E-state index contributed by atoms with van der Waals surface area (Å²) in [6.45, 7) is 5.16. The summed E-state index contributed by atoms with van der Waals surface area (Å²) in [5.41, 5.74) is 6.96. The third kappa shape index (κ3) is 3.95. The average molecular weight is 262 g/mol. The zero-order chi connectivity index (χ0) is 13.7. The fourth-order valence-electron chi connectivity index (χ4n) is 2.80. The number of nitrogens with zero attached hydrogens (tertiary/aromatic N) is 1. The first kappa shape index (κ1) is 14.4. The molecule has 2 rings (SSSR count). The van der Waals surface area contributed by atoms with Gasteiger partial charge in [0.1, 0.15) is 11.9 Å². The molecule has 1 fully saturated rings. The molecule has 1 heterocycles. The molecule has 2 atom stereocenters. The van der Waals surface area contributed by atoms with Crippen molar-refractivity contribution in [1.29, 1.82) is 0 Å². The summed E-state index contributed by atoms with van der Waals surface area (Å²) >= 11 is 0. The topological polar surface area (TPSA) is 38.5 Å². The summed E-state index contributed by atoms with van der Waals surface area (Å²) in [7, 11) is 2.17. The highest BCUT2D eigenvalue weighted by molar-refractivity contribution is 5.36. The van der Waals surface area contributed by atoms with Gasteiger partial charge in [0, 0.05) is 6.54 Å². The zero-order valence-corrected chi connectivity index (χ0v) is 12.1. The van der Waals surface area contributed by atoms with E-state index in [2.05, 4.69) is 43.1 Å². The Labute approximate surface area is 116 Å². The minimum Gasteiger partial charge on any atom is -0.489 e. The maximum Gasteiger partial charge on any atom is 0.123 e. The molecule has 1 saturated heterocycles. The number of hydrogen-bond donors (Lipinski definition) is 1. The monoisotopic (exact) mass is 262 g/mol. The molecule has 3 heteroatoms. The van der Waals surface area contributed by atoms with Gasteiger partial charge in [0.15, 0.2) is 0 Å². The molecule has 0 aliphatic carbocycles. The van der Waals surface area contributed by atoms with Crippen LogP contribution in [-0.2, 0) is 0 Å². The van der Waals surface area contributed by atoms with E-state index in [9.17, 15) is 0 Å². The van der Waals surface area contributed by atoms with E-state index < -0.39 is 0 Å². The maximum atomic E-state index is 6.24. The first-order chi connectivity index (χ1) is 9.20. The molecule has 0 amide bonds. The maximum absolute atomic E-state index is 6.24. The highest BCUT2D eigenvalue weighted by atomic mass is 16.5. The number of hydrogen-bond acceptors (Lipinski definition) is 3. The van der Waals surface area contributed by atoms with Gasteiger partial charge >= 0.3 is 0 Å². The Morgan fingerprint density at radius 1 is 1.42 bits per heavy atom. The number of para-hydroxylation sites is 1. The summed E-state index contributed by atoms with van der Waals surface area (Å²) in [4.78, 5) is 2.35. The Kier molecular flexibility index (Phi) is 5.23.